The Labute approximate surface area is 106 Å². The van der Waals surface area contributed by atoms with E-state index in [9.17, 15) is 4.79 Å². The molecule has 1 fully saturated rings. The van der Waals surface area contributed by atoms with Crippen LogP contribution in [0.5, 0.6) is 0 Å². The lowest BCUT2D eigenvalue weighted by molar-refractivity contribution is -0.116. The summed E-state index contributed by atoms with van der Waals surface area (Å²) in [4.78, 5) is 13.6. The summed E-state index contributed by atoms with van der Waals surface area (Å²) < 4.78 is 5.35. The Morgan fingerprint density at radius 2 is 2.00 bits per heavy atom. The summed E-state index contributed by atoms with van der Waals surface area (Å²) in [6.07, 6.45) is 1.35. The number of benzene rings is 1. The molecule has 1 amide bonds. The molecular formula is C13H17N3O2. The van der Waals surface area contributed by atoms with Crippen molar-refractivity contribution in [1.82, 2.24) is 0 Å². The lowest BCUT2D eigenvalue weighted by Gasteiger charge is -2.31. The number of aryl methyl sites for hydroxylation is 1. The minimum atomic E-state index is 0.0704. The molecule has 1 saturated heterocycles. The monoisotopic (exact) mass is 247 g/mol. The highest BCUT2D eigenvalue weighted by Gasteiger charge is 2.20. The molecule has 0 spiro atoms. The fourth-order valence-electron chi connectivity index (χ4n) is 2.51. The summed E-state index contributed by atoms with van der Waals surface area (Å²) in [6.45, 7) is 3.23. The predicted octanol–water partition coefficient (Wildman–Crippen LogP) is 0.990. The van der Waals surface area contributed by atoms with Crippen molar-refractivity contribution in [3.8, 4) is 0 Å². The van der Waals surface area contributed by atoms with E-state index in [1.807, 2.05) is 6.07 Å². The number of nitrogens with zero attached hydrogens (tertiary/aromatic N) is 1. The van der Waals surface area contributed by atoms with Crippen LogP contribution in [0.1, 0.15) is 12.0 Å². The summed E-state index contributed by atoms with van der Waals surface area (Å²) in [7, 11) is 0. The van der Waals surface area contributed by atoms with Crippen molar-refractivity contribution in [2.24, 2.45) is 0 Å². The van der Waals surface area contributed by atoms with Gasteiger partial charge >= 0.3 is 0 Å². The molecule has 3 N–H and O–H groups in total. The second-order valence-electron chi connectivity index (χ2n) is 4.72. The lowest BCUT2D eigenvalue weighted by Crippen LogP contribution is -2.36. The van der Waals surface area contributed by atoms with E-state index in [1.165, 1.54) is 5.56 Å². The maximum atomic E-state index is 11.3. The van der Waals surface area contributed by atoms with E-state index >= 15 is 0 Å². The quantitative estimate of drug-likeness (QED) is 0.726. The summed E-state index contributed by atoms with van der Waals surface area (Å²) in [6, 6.07) is 3.98. The van der Waals surface area contributed by atoms with Crippen molar-refractivity contribution in [2.75, 3.05) is 42.3 Å². The normalized spacial score (nSPS) is 19.3. The summed E-state index contributed by atoms with van der Waals surface area (Å²) >= 11 is 0. The van der Waals surface area contributed by atoms with E-state index < -0.39 is 0 Å². The van der Waals surface area contributed by atoms with Crippen LogP contribution in [0.2, 0.25) is 0 Å². The molecule has 0 radical (unpaired) electrons. The highest BCUT2D eigenvalue weighted by molar-refractivity contribution is 5.95. The van der Waals surface area contributed by atoms with Crippen LogP contribution in [0.25, 0.3) is 0 Å². The number of nitrogens with one attached hydrogen (secondary N) is 1. The van der Waals surface area contributed by atoms with Gasteiger partial charge in [-0.1, -0.05) is 0 Å². The molecular weight excluding hydrogens is 230 g/mol. The molecule has 5 nitrogen and oxygen atoms in total. The first kappa shape index (κ1) is 11.3. The van der Waals surface area contributed by atoms with Crippen LogP contribution in [0.15, 0.2) is 12.1 Å². The summed E-state index contributed by atoms with van der Waals surface area (Å²) in [5.74, 6) is 0.0704. The zero-order valence-electron chi connectivity index (χ0n) is 10.2. The number of ether oxygens (including phenoxy) is 1. The van der Waals surface area contributed by atoms with Gasteiger partial charge in [-0.25, -0.2) is 0 Å². The van der Waals surface area contributed by atoms with Crippen molar-refractivity contribution in [3.63, 3.8) is 0 Å². The van der Waals surface area contributed by atoms with Crippen molar-refractivity contribution in [1.29, 1.82) is 0 Å². The van der Waals surface area contributed by atoms with E-state index in [2.05, 4.69) is 16.3 Å². The third kappa shape index (κ3) is 2.01. The SMILES string of the molecule is Nc1cc2c(cc1N1CCOCC1)CCC(=O)N2. The van der Waals surface area contributed by atoms with Crippen molar-refractivity contribution in [2.45, 2.75) is 12.8 Å². The Morgan fingerprint density at radius 3 is 2.78 bits per heavy atom. The number of carbonyl (C=O) groups is 1. The lowest BCUT2D eigenvalue weighted by atomic mass is 10.0. The van der Waals surface area contributed by atoms with Crippen LogP contribution in [-0.2, 0) is 16.0 Å². The molecule has 2 aliphatic rings. The maximum absolute atomic E-state index is 11.3. The largest absolute Gasteiger partial charge is 0.397 e. The first-order chi connectivity index (χ1) is 8.74. The molecule has 0 bridgehead atoms. The molecule has 1 aromatic carbocycles. The number of hydrogen-bond donors (Lipinski definition) is 2. The van der Waals surface area contributed by atoms with Gasteiger partial charge in [-0.15, -0.1) is 0 Å². The Bertz CT molecular complexity index is 481. The number of amides is 1. The molecule has 3 rings (SSSR count). The Morgan fingerprint density at radius 1 is 1.22 bits per heavy atom. The van der Waals surface area contributed by atoms with Crippen molar-refractivity contribution >= 4 is 23.0 Å². The number of rotatable bonds is 1. The molecule has 0 unspecified atom stereocenters. The molecule has 0 atom stereocenters. The third-order valence-corrected chi connectivity index (χ3v) is 3.50. The predicted molar refractivity (Wildman–Crippen MR) is 70.8 cm³/mol. The fraction of sp³-hybridized carbons (Fsp3) is 0.462. The minimum Gasteiger partial charge on any atom is -0.397 e. The maximum Gasteiger partial charge on any atom is 0.224 e. The topological polar surface area (TPSA) is 67.6 Å². The number of hydrogen-bond acceptors (Lipinski definition) is 4. The molecule has 1 aromatic rings. The first-order valence-corrected chi connectivity index (χ1v) is 6.29. The van der Waals surface area contributed by atoms with E-state index in [0.29, 0.717) is 6.42 Å². The van der Waals surface area contributed by atoms with Gasteiger partial charge in [0.25, 0.3) is 0 Å². The average Bonchev–Trinajstić information content (AvgIpc) is 2.39. The van der Waals surface area contributed by atoms with Gasteiger partial charge in [0.1, 0.15) is 0 Å². The molecule has 5 heteroatoms. The highest BCUT2D eigenvalue weighted by Crippen LogP contribution is 2.33. The minimum absolute atomic E-state index is 0.0704. The average molecular weight is 247 g/mol. The third-order valence-electron chi connectivity index (χ3n) is 3.50. The van der Waals surface area contributed by atoms with Crippen LogP contribution in [0.4, 0.5) is 17.1 Å². The Hall–Kier alpha value is -1.75. The summed E-state index contributed by atoms with van der Waals surface area (Å²) in [5, 5.41) is 2.87. The number of nitrogen functional groups attached to an aromatic ring is 1. The number of carbonyl (C=O) groups excluding carboxylic acids is 1. The van der Waals surface area contributed by atoms with Crippen LogP contribution in [-0.4, -0.2) is 32.2 Å². The van der Waals surface area contributed by atoms with Gasteiger partial charge in [-0.05, 0) is 24.1 Å². The standard InChI is InChI=1S/C13H17N3O2/c14-10-8-11-9(1-2-13(17)15-11)7-12(10)16-3-5-18-6-4-16/h7-8H,1-6,14H2,(H,15,17). The molecule has 2 aliphatic heterocycles. The second kappa shape index (κ2) is 4.49. The van der Waals surface area contributed by atoms with E-state index in [1.54, 1.807) is 0 Å². The van der Waals surface area contributed by atoms with Crippen LogP contribution < -0.4 is 16.0 Å². The number of nitrogens with two attached hydrogens (primary N) is 1. The van der Waals surface area contributed by atoms with Crippen molar-refractivity contribution < 1.29 is 9.53 Å². The van der Waals surface area contributed by atoms with E-state index in [0.717, 1.165) is 49.8 Å². The van der Waals surface area contributed by atoms with Gasteiger partial charge in [0.05, 0.1) is 24.6 Å². The molecule has 96 valence electrons. The van der Waals surface area contributed by atoms with Gasteiger partial charge in [0, 0.05) is 25.2 Å². The van der Waals surface area contributed by atoms with E-state index in [-0.39, 0.29) is 5.91 Å². The second-order valence-corrected chi connectivity index (χ2v) is 4.72. The molecule has 18 heavy (non-hydrogen) atoms. The molecule has 0 saturated carbocycles. The molecule has 2 heterocycles. The molecule has 0 aliphatic carbocycles. The van der Waals surface area contributed by atoms with Gasteiger partial charge in [0.2, 0.25) is 5.91 Å². The first-order valence-electron chi connectivity index (χ1n) is 6.29. The summed E-state index contributed by atoms with van der Waals surface area (Å²) in [5.41, 5.74) is 9.90. The van der Waals surface area contributed by atoms with E-state index in [4.69, 9.17) is 10.5 Å². The smallest absolute Gasteiger partial charge is 0.224 e. The fourth-order valence-corrected chi connectivity index (χ4v) is 2.51. The zero-order chi connectivity index (χ0) is 12.5. The Kier molecular flexibility index (Phi) is 2.83. The molecule has 0 aromatic heterocycles. The Balaban J connectivity index is 1.93. The van der Waals surface area contributed by atoms with Crippen LogP contribution >= 0.6 is 0 Å². The van der Waals surface area contributed by atoms with Gasteiger partial charge < -0.3 is 20.7 Å². The number of fused-ring (bicyclic) bond motifs is 1. The van der Waals surface area contributed by atoms with Crippen LogP contribution in [0.3, 0.4) is 0 Å². The number of anilines is 3. The van der Waals surface area contributed by atoms with Crippen molar-refractivity contribution in [3.05, 3.63) is 17.7 Å². The van der Waals surface area contributed by atoms with Gasteiger partial charge in [-0.2, -0.15) is 0 Å². The number of morpholine rings is 1. The van der Waals surface area contributed by atoms with Gasteiger partial charge in [-0.3, -0.25) is 4.79 Å². The van der Waals surface area contributed by atoms with Gasteiger partial charge in [0.15, 0.2) is 0 Å². The van der Waals surface area contributed by atoms with Crippen LogP contribution in [0, 0.1) is 0 Å². The zero-order valence-corrected chi connectivity index (χ0v) is 10.2. The highest BCUT2D eigenvalue weighted by atomic mass is 16.5.